The second-order valence-corrected chi connectivity index (χ2v) is 9.41. The van der Waals surface area contributed by atoms with Crippen LogP contribution in [0.1, 0.15) is 44.9 Å². The molecule has 1 saturated heterocycles. The average Bonchev–Trinajstić information content (AvgIpc) is 3.52. The Balaban J connectivity index is 1.36. The van der Waals surface area contributed by atoms with Crippen molar-refractivity contribution < 1.29 is 9.59 Å². The van der Waals surface area contributed by atoms with Crippen molar-refractivity contribution in [1.82, 2.24) is 29.4 Å². The maximum Gasteiger partial charge on any atom is 0.242 e. The van der Waals surface area contributed by atoms with E-state index in [2.05, 4.69) is 15.5 Å². The number of nitrogens with one attached hydrogen (secondary N) is 1. The molecule has 2 aliphatic rings. The van der Waals surface area contributed by atoms with Crippen LogP contribution in [0.3, 0.4) is 0 Å². The molecule has 0 unspecified atom stereocenters. The summed E-state index contributed by atoms with van der Waals surface area (Å²) in [5.41, 5.74) is 1.90. The second-order valence-electron chi connectivity index (χ2n) is 8.47. The molecule has 0 bridgehead atoms. The van der Waals surface area contributed by atoms with Crippen molar-refractivity contribution in [3.05, 3.63) is 24.3 Å². The fourth-order valence-electron chi connectivity index (χ4n) is 4.73. The first-order chi connectivity index (χ1) is 15.2. The lowest BCUT2D eigenvalue weighted by Gasteiger charge is -2.22. The van der Waals surface area contributed by atoms with Crippen LogP contribution in [-0.2, 0) is 16.1 Å². The molecule has 1 N–H and O–H groups in total. The minimum Gasteiger partial charge on any atom is -0.353 e. The molecule has 8 nitrogen and oxygen atoms in total. The zero-order valence-corrected chi connectivity index (χ0v) is 18.4. The van der Waals surface area contributed by atoms with Gasteiger partial charge in [0.25, 0.3) is 0 Å². The number of fused-ring (bicyclic) bond motifs is 3. The van der Waals surface area contributed by atoms with Crippen LogP contribution >= 0.6 is 11.8 Å². The van der Waals surface area contributed by atoms with Gasteiger partial charge in [0.05, 0.1) is 16.8 Å². The molecule has 1 aliphatic heterocycles. The van der Waals surface area contributed by atoms with Crippen LogP contribution in [0.2, 0.25) is 0 Å². The number of amides is 2. The van der Waals surface area contributed by atoms with Crippen LogP contribution in [0, 0.1) is 0 Å². The van der Waals surface area contributed by atoms with Crippen LogP contribution < -0.4 is 5.32 Å². The van der Waals surface area contributed by atoms with Gasteiger partial charge in [0.15, 0.2) is 5.16 Å². The number of carbonyl (C=O) groups is 2. The summed E-state index contributed by atoms with van der Waals surface area (Å²) in [6.07, 6.45) is 7.94. The minimum absolute atomic E-state index is 0.0431. The largest absolute Gasteiger partial charge is 0.353 e. The molecule has 3 aromatic rings. The fourth-order valence-corrected chi connectivity index (χ4v) is 5.49. The maximum atomic E-state index is 12.8. The fraction of sp³-hybridized carbons (Fsp3) is 0.545. The van der Waals surface area contributed by atoms with Crippen LogP contribution in [-0.4, -0.2) is 60.8 Å². The van der Waals surface area contributed by atoms with Crippen LogP contribution in [0.4, 0.5) is 0 Å². The molecule has 5 rings (SSSR count). The van der Waals surface area contributed by atoms with Crippen molar-refractivity contribution in [2.45, 2.75) is 62.7 Å². The highest BCUT2D eigenvalue weighted by Gasteiger charge is 2.23. The van der Waals surface area contributed by atoms with Gasteiger partial charge in [-0.1, -0.05) is 43.2 Å². The lowest BCUT2D eigenvalue weighted by molar-refractivity contribution is -0.130. The number of hydrogen-bond acceptors (Lipinski definition) is 5. The lowest BCUT2D eigenvalue weighted by Crippen LogP contribution is -2.37. The number of hydrogen-bond donors (Lipinski definition) is 1. The quantitative estimate of drug-likeness (QED) is 0.596. The number of aromatic nitrogens is 4. The summed E-state index contributed by atoms with van der Waals surface area (Å²) in [5, 5.41) is 12.6. The van der Waals surface area contributed by atoms with Gasteiger partial charge in [-0.2, -0.15) is 0 Å². The molecule has 31 heavy (non-hydrogen) atoms. The Morgan fingerprint density at radius 3 is 2.52 bits per heavy atom. The van der Waals surface area contributed by atoms with E-state index in [9.17, 15) is 9.59 Å². The van der Waals surface area contributed by atoms with Crippen molar-refractivity contribution in [3.63, 3.8) is 0 Å². The molecule has 1 saturated carbocycles. The Morgan fingerprint density at radius 1 is 1.00 bits per heavy atom. The smallest absolute Gasteiger partial charge is 0.242 e. The summed E-state index contributed by atoms with van der Waals surface area (Å²) in [6, 6.07) is 8.26. The monoisotopic (exact) mass is 440 g/mol. The van der Waals surface area contributed by atoms with Gasteiger partial charge in [-0.15, -0.1) is 10.2 Å². The molecule has 2 aromatic heterocycles. The molecule has 3 heterocycles. The Bertz CT molecular complexity index is 1090. The van der Waals surface area contributed by atoms with E-state index in [-0.39, 0.29) is 18.4 Å². The molecule has 1 aliphatic carbocycles. The summed E-state index contributed by atoms with van der Waals surface area (Å²) < 4.78 is 3.90. The Kier molecular flexibility index (Phi) is 5.85. The maximum absolute atomic E-state index is 12.8. The number of imidazole rings is 1. The zero-order chi connectivity index (χ0) is 21.2. The lowest BCUT2D eigenvalue weighted by atomic mass is 9.95. The molecule has 9 heteroatoms. The number of carbonyl (C=O) groups excluding carboxylic acids is 2. The summed E-state index contributed by atoms with van der Waals surface area (Å²) >= 11 is 1.39. The van der Waals surface area contributed by atoms with Gasteiger partial charge in [-0.3, -0.25) is 18.6 Å². The van der Waals surface area contributed by atoms with Gasteiger partial charge in [-0.05, 0) is 37.8 Å². The van der Waals surface area contributed by atoms with E-state index in [0.29, 0.717) is 22.7 Å². The van der Waals surface area contributed by atoms with Crippen molar-refractivity contribution in [2.24, 2.45) is 0 Å². The molecule has 1 aromatic carbocycles. The summed E-state index contributed by atoms with van der Waals surface area (Å²) in [6.45, 7) is 1.92. The first-order valence-corrected chi connectivity index (χ1v) is 12.2. The molecule has 0 atom stereocenters. The van der Waals surface area contributed by atoms with Crippen LogP contribution in [0.15, 0.2) is 29.4 Å². The minimum atomic E-state index is 0.0431. The Hall–Kier alpha value is -2.55. The van der Waals surface area contributed by atoms with E-state index in [1.165, 1.54) is 31.0 Å². The van der Waals surface area contributed by atoms with E-state index in [1.807, 2.05) is 38.1 Å². The summed E-state index contributed by atoms with van der Waals surface area (Å²) in [5.74, 6) is 1.11. The third-order valence-electron chi connectivity index (χ3n) is 6.33. The number of thioether (sulfide) groups is 1. The third-order valence-corrected chi connectivity index (χ3v) is 7.25. The second kappa shape index (κ2) is 8.90. The Morgan fingerprint density at radius 2 is 1.74 bits per heavy atom. The standard InChI is InChI=1S/C22H28N6O2S/c29-19(23-16-8-2-1-3-9-16)15-31-22-25-24-21-27(14-20(30)26-12-6-7-13-26)17-10-4-5-11-18(17)28(21)22/h4-5,10-11,16H,1-3,6-9,12-15H2,(H,23,29). The van der Waals surface area contributed by atoms with Gasteiger partial charge in [-0.25, -0.2) is 0 Å². The van der Waals surface area contributed by atoms with Crippen LogP contribution in [0.5, 0.6) is 0 Å². The molecule has 164 valence electrons. The molecule has 2 amide bonds. The molecular formula is C22H28N6O2S. The van der Waals surface area contributed by atoms with E-state index >= 15 is 0 Å². The van der Waals surface area contributed by atoms with Gasteiger partial charge in [0, 0.05) is 19.1 Å². The average molecular weight is 441 g/mol. The summed E-state index contributed by atoms with van der Waals surface area (Å²) in [7, 11) is 0. The molecule has 0 spiro atoms. The Labute approximate surface area is 185 Å². The van der Waals surface area contributed by atoms with E-state index < -0.39 is 0 Å². The number of para-hydroxylation sites is 2. The topological polar surface area (TPSA) is 84.5 Å². The molecule has 0 radical (unpaired) electrons. The third kappa shape index (κ3) is 4.15. The zero-order valence-electron chi connectivity index (χ0n) is 17.6. The van der Waals surface area contributed by atoms with Gasteiger partial charge in [0.2, 0.25) is 17.6 Å². The number of rotatable bonds is 6. The highest BCUT2D eigenvalue weighted by molar-refractivity contribution is 7.99. The van der Waals surface area contributed by atoms with E-state index in [1.54, 1.807) is 0 Å². The van der Waals surface area contributed by atoms with Crippen molar-refractivity contribution in [3.8, 4) is 0 Å². The molecular weight excluding hydrogens is 412 g/mol. The highest BCUT2D eigenvalue weighted by Crippen LogP contribution is 2.26. The summed E-state index contributed by atoms with van der Waals surface area (Å²) in [4.78, 5) is 27.2. The van der Waals surface area contributed by atoms with Crippen molar-refractivity contribution >= 4 is 40.4 Å². The first-order valence-electron chi connectivity index (χ1n) is 11.2. The number of likely N-dealkylation sites (tertiary alicyclic amines) is 1. The van der Waals surface area contributed by atoms with Gasteiger partial charge >= 0.3 is 0 Å². The highest BCUT2D eigenvalue weighted by atomic mass is 32.2. The normalized spacial score (nSPS) is 17.6. The first kappa shape index (κ1) is 20.4. The molecule has 2 fully saturated rings. The van der Waals surface area contributed by atoms with E-state index in [4.69, 9.17) is 0 Å². The number of nitrogens with zero attached hydrogens (tertiary/aromatic N) is 5. The van der Waals surface area contributed by atoms with E-state index in [0.717, 1.165) is 49.8 Å². The van der Waals surface area contributed by atoms with Crippen molar-refractivity contribution in [2.75, 3.05) is 18.8 Å². The number of benzene rings is 1. The van der Waals surface area contributed by atoms with Crippen molar-refractivity contribution in [1.29, 1.82) is 0 Å². The predicted molar refractivity (Wildman–Crippen MR) is 120 cm³/mol. The predicted octanol–water partition coefficient (Wildman–Crippen LogP) is 2.85. The van der Waals surface area contributed by atoms with Crippen LogP contribution in [0.25, 0.3) is 16.8 Å². The SMILES string of the molecule is O=C(CSc1nnc2n(CC(=O)N3CCCC3)c3ccccc3n12)NC1CCCCC1. The van der Waals surface area contributed by atoms with Gasteiger partial charge < -0.3 is 10.2 Å². The van der Waals surface area contributed by atoms with Gasteiger partial charge in [0.1, 0.15) is 6.54 Å².